The van der Waals surface area contributed by atoms with E-state index in [0.29, 0.717) is 5.69 Å². The van der Waals surface area contributed by atoms with Crippen molar-refractivity contribution in [3.63, 3.8) is 0 Å². The van der Waals surface area contributed by atoms with E-state index in [1.807, 2.05) is 31.2 Å². The third-order valence-corrected chi connectivity index (χ3v) is 3.04. The summed E-state index contributed by atoms with van der Waals surface area (Å²) in [5.41, 5.74) is 2.02. The van der Waals surface area contributed by atoms with Gasteiger partial charge < -0.3 is 4.57 Å². The topological polar surface area (TPSA) is 22.0 Å². The zero-order valence-electron chi connectivity index (χ0n) is 10.6. The van der Waals surface area contributed by atoms with Gasteiger partial charge in [0.15, 0.2) is 0 Å². The molecular formula is C15H15F2NO. The second-order valence-electron chi connectivity index (χ2n) is 4.26. The maximum absolute atomic E-state index is 12.6. The molecule has 100 valence electrons. The van der Waals surface area contributed by atoms with Gasteiger partial charge in [0.25, 0.3) is 12.0 Å². The summed E-state index contributed by atoms with van der Waals surface area (Å²) in [6.45, 7) is 1.42. The normalized spacial score (nSPS) is 10.9. The van der Waals surface area contributed by atoms with Crippen molar-refractivity contribution < 1.29 is 8.78 Å². The van der Waals surface area contributed by atoms with Crippen molar-refractivity contribution in [1.82, 2.24) is 4.57 Å². The van der Waals surface area contributed by atoms with Crippen molar-refractivity contribution in [2.45, 2.75) is 26.3 Å². The highest BCUT2D eigenvalue weighted by molar-refractivity contribution is 5.64. The van der Waals surface area contributed by atoms with Gasteiger partial charge in [-0.05, 0) is 18.1 Å². The number of pyridine rings is 1. The molecule has 0 spiro atoms. The lowest BCUT2D eigenvalue weighted by Crippen LogP contribution is -2.24. The number of alkyl halides is 2. The number of halogens is 2. The molecule has 2 rings (SSSR count). The Bertz CT molecular complexity index is 620. The maximum Gasteiger partial charge on any atom is 0.256 e. The predicted molar refractivity (Wildman–Crippen MR) is 71.5 cm³/mol. The SMILES string of the molecule is CCc1ccccc1-c1cccc(=O)n1CC(F)F. The van der Waals surface area contributed by atoms with Gasteiger partial charge in [-0.2, -0.15) is 0 Å². The van der Waals surface area contributed by atoms with Crippen molar-refractivity contribution in [2.75, 3.05) is 0 Å². The quantitative estimate of drug-likeness (QED) is 0.829. The monoisotopic (exact) mass is 263 g/mol. The molecule has 0 aliphatic heterocycles. The first-order valence-electron chi connectivity index (χ1n) is 6.19. The molecule has 1 aromatic heterocycles. The molecule has 0 saturated carbocycles. The third kappa shape index (κ3) is 2.89. The Labute approximate surface area is 110 Å². The summed E-state index contributed by atoms with van der Waals surface area (Å²) in [4.78, 5) is 11.8. The summed E-state index contributed by atoms with van der Waals surface area (Å²) in [7, 11) is 0. The minimum Gasteiger partial charge on any atom is -0.303 e. The van der Waals surface area contributed by atoms with E-state index < -0.39 is 18.5 Å². The average molecular weight is 263 g/mol. The minimum absolute atomic E-state index is 0.399. The molecule has 0 amide bonds. The fourth-order valence-electron chi connectivity index (χ4n) is 2.16. The molecule has 0 radical (unpaired) electrons. The lowest BCUT2D eigenvalue weighted by Gasteiger charge is -2.14. The second kappa shape index (κ2) is 5.78. The Morgan fingerprint density at radius 3 is 2.53 bits per heavy atom. The first-order valence-corrected chi connectivity index (χ1v) is 6.19. The van der Waals surface area contributed by atoms with Crippen molar-refractivity contribution in [3.05, 3.63) is 58.4 Å². The highest BCUT2D eigenvalue weighted by Gasteiger charge is 2.12. The van der Waals surface area contributed by atoms with Crippen LogP contribution in [0.15, 0.2) is 47.3 Å². The largest absolute Gasteiger partial charge is 0.303 e. The number of aryl methyl sites for hydroxylation is 1. The Balaban J connectivity index is 2.62. The van der Waals surface area contributed by atoms with E-state index in [0.717, 1.165) is 22.1 Å². The Hall–Kier alpha value is -1.97. The molecule has 1 heterocycles. The van der Waals surface area contributed by atoms with Gasteiger partial charge in [0.05, 0.1) is 12.2 Å². The van der Waals surface area contributed by atoms with Crippen LogP contribution in [-0.4, -0.2) is 11.0 Å². The number of benzene rings is 1. The maximum atomic E-state index is 12.6. The van der Waals surface area contributed by atoms with Gasteiger partial charge in [-0.25, -0.2) is 8.78 Å². The van der Waals surface area contributed by atoms with Crippen molar-refractivity contribution in [1.29, 1.82) is 0 Å². The summed E-state index contributed by atoms with van der Waals surface area (Å²) < 4.78 is 26.4. The first-order chi connectivity index (χ1) is 9.13. The van der Waals surface area contributed by atoms with Gasteiger partial charge in [-0.15, -0.1) is 0 Å². The molecule has 2 aromatic rings. The van der Waals surface area contributed by atoms with Crippen molar-refractivity contribution in [3.8, 4) is 11.3 Å². The molecule has 0 fully saturated rings. The fourth-order valence-corrected chi connectivity index (χ4v) is 2.16. The summed E-state index contributed by atoms with van der Waals surface area (Å²) in [5, 5.41) is 0. The van der Waals surface area contributed by atoms with Gasteiger partial charge in [0, 0.05) is 11.6 Å². The van der Waals surface area contributed by atoms with Crippen LogP contribution in [0.3, 0.4) is 0 Å². The highest BCUT2D eigenvalue weighted by atomic mass is 19.3. The molecule has 4 heteroatoms. The molecule has 0 atom stereocenters. The number of aromatic nitrogens is 1. The molecule has 0 bridgehead atoms. The lowest BCUT2D eigenvalue weighted by molar-refractivity contribution is 0.126. The van der Waals surface area contributed by atoms with Crippen LogP contribution in [0.2, 0.25) is 0 Å². The molecule has 0 unspecified atom stereocenters. The fraction of sp³-hybridized carbons (Fsp3) is 0.267. The van der Waals surface area contributed by atoms with E-state index in [1.54, 1.807) is 12.1 Å². The smallest absolute Gasteiger partial charge is 0.256 e. The lowest BCUT2D eigenvalue weighted by atomic mass is 10.0. The number of nitrogens with zero attached hydrogens (tertiary/aromatic N) is 1. The van der Waals surface area contributed by atoms with Crippen LogP contribution < -0.4 is 5.56 Å². The van der Waals surface area contributed by atoms with E-state index in [2.05, 4.69) is 0 Å². The van der Waals surface area contributed by atoms with E-state index in [9.17, 15) is 13.6 Å². The molecule has 0 N–H and O–H groups in total. The van der Waals surface area contributed by atoms with Crippen LogP contribution in [-0.2, 0) is 13.0 Å². The summed E-state index contributed by atoms with van der Waals surface area (Å²) in [5.74, 6) is 0. The van der Waals surface area contributed by atoms with E-state index in [-0.39, 0.29) is 0 Å². The van der Waals surface area contributed by atoms with Crippen LogP contribution >= 0.6 is 0 Å². The summed E-state index contributed by atoms with van der Waals surface area (Å²) in [6, 6.07) is 12.2. The Morgan fingerprint density at radius 1 is 1.11 bits per heavy atom. The van der Waals surface area contributed by atoms with Gasteiger partial charge >= 0.3 is 0 Å². The van der Waals surface area contributed by atoms with E-state index in [4.69, 9.17) is 0 Å². The molecule has 19 heavy (non-hydrogen) atoms. The van der Waals surface area contributed by atoms with E-state index in [1.165, 1.54) is 6.07 Å². The Kier molecular flexibility index (Phi) is 4.10. The van der Waals surface area contributed by atoms with Crippen LogP contribution in [0.1, 0.15) is 12.5 Å². The zero-order chi connectivity index (χ0) is 13.8. The predicted octanol–water partition coefficient (Wildman–Crippen LogP) is 3.34. The molecule has 1 aromatic carbocycles. The molecule has 0 saturated heterocycles. The number of hydrogen-bond donors (Lipinski definition) is 0. The van der Waals surface area contributed by atoms with Crippen molar-refractivity contribution >= 4 is 0 Å². The molecule has 2 nitrogen and oxygen atoms in total. The second-order valence-corrected chi connectivity index (χ2v) is 4.26. The van der Waals surface area contributed by atoms with Gasteiger partial charge in [0.2, 0.25) is 0 Å². The van der Waals surface area contributed by atoms with Gasteiger partial charge in [0.1, 0.15) is 0 Å². The third-order valence-electron chi connectivity index (χ3n) is 3.04. The molecule has 0 aliphatic rings. The van der Waals surface area contributed by atoms with E-state index >= 15 is 0 Å². The number of hydrogen-bond acceptors (Lipinski definition) is 1. The first kappa shape index (κ1) is 13.5. The summed E-state index contributed by atoms with van der Waals surface area (Å²) in [6.07, 6.45) is -1.76. The Morgan fingerprint density at radius 2 is 1.84 bits per heavy atom. The average Bonchev–Trinajstić information content (AvgIpc) is 2.40. The van der Waals surface area contributed by atoms with Crippen LogP contribution in [0, 0.1) is 0 Å². The minimum atomic E-state index is -2.55. The molecular weight excluding hydrogens is 248 g/mol. The highest BCUT2D eigenvalue weighted by Crippen LogP contribution is 2.23. The van der Waals surface area contributed by atoms with Crippen LogP contribution in [0.5, 0.6) is 0 Å². The molecule has 0 aliphatic carbocycles. The van der Waals surface area contributed by atoms with Crippen molar-refractivity contribution in [2.24, 2.45) is 0 Å². The number of rotatable bonds is 4. The van der Waals surface area contributed by atoms with Gasteiger partial charge in [-0.1, -0.05) is 37.3 Å². The standard InChI is InChI=1S/C15H15F2NO/c1-2-11-6-3-4-7-12(11)13-8-5-9-15(19)18(13)10-14(16)17/h3-9,14H,2,10H2,1H3. The van der Waals surface area contributed by atoms with Crippen LogP contribution in [0.4, 0.5) is 8.78 Å². The van der Waals surface area contributed by atoms with Crippen LogP contribution in [0.25, 0.3) is 11.3 Å². The summed E-state index contributed by atoms with van der Waals surface area (Å²) >= 11 is 0. The zero-order valence-corrected chi connectivity index (χ0v) is 10.6. The van der Waals surface area contributed by atoms with Gasteiger partial charge in [-0.3, -0.25) is 4.79 Å².